The third-order valence-corrected chi connectivity index (χ3v) is 1.78. The minimum absolute atomic E-state index is 0. The minimum Gasteiger partial charge on any atom is -0.399 e. The van der Waals surface area contributed by atoms with Crippen molar-refractivity contribution in [2.45, 2.75) is 6.17 Å². The molecule has 1 aliphatic rings. The Balaban J connectivity index is 0.000000980. The Labute approximate surface area is 87.0 Å². The van der Waals surface area contributed by atoms with Gasteiger partial charge in [0.1, 0.15) is 6.17 Å². The van der Waals surface area contributed by atoms with E-state index in [1.807, 2.05) is 12.1 Å². The predicted molar refractivity (Wildman–Crippen MR) is 53.6 cm³/mol. The smallest absolute Gasteiger partial charge is 0.399 e. The van der Waals surface area contributed by atoms with Crippen LogP contribution >= 0.6 is 12.4 Å². The van der Waals surface area contributed by atoms with E-state index < -0.39 is 6.09 Å². The van der Waals surface area contributed by atoms with Crippen molar-refractivity contribution in [3.8, 4) is 0 Å². The van der Waals surface area contributed by atoms with Crippen molar-refractivity contribution in [3.05, 3.63) is 29.8 Å². The number of hydrogen-bond donors (Lipinski definition) is 3. The molecule has 4 N–H and O–H groups in total. The van der Waals surface area contributed by atoms with E-state index >= 15 is 0 Å². The van der Waals surface area contributed by atoms with E-state index in [0.29, 0.717) is 5.69 Å². The maximum absolute atomic E-state index is 10.7. The van der Waals surface area contributed by atoms with E-state index in [2.05, 4.69) is 15.6 Å². The lowest BCUT2D eigenvalue weighted by molar-refractivity contribution is 0.122. The van der Waals surface area contributed by atoms with Crippen molar-refractivity contribution in [2.24, 2.45) is 0 Å². The van der Waals surface area contributed by atoms with E-state index in [4.69, 9.17) is 5.73 Å². The van der Waals surface area contributed by atoms with Crippen LogP contribution in [-0.2, 0) is 4.84 Å². The number of hydrogen-bond acceptors (Lipinski definition) is 4. The third kappa shape index (κ3) is 2.07. The molecule has 0 spiro atoms. The number of hydroxylamine groups is 1. The van der Waals surface area contributed by atoms with Crippen molar-refractivity contribution in [3.63, 3.8) is 0 Å². The Kier molecular flexibility index (Phi) is 3.16. The fraction of sp³-hybridized carbons (Fsp3) is 0.125. The van der Waals surface area contributed by atoms with Crippen LogP contribution in [0.5, 0.6) is 0 Å². The molecule has 1 saturated heterocycles. The van der Waals surface area contributed by atoms with E-state index in [0.717, 1.165) is 5.56 Å². The van der Waals surface area contributed by atoms with Gasteiger partial charge in [-0.15, -0.1) is 17.9 Å². The van der Waals surface area contributed by atoms with Gasteiger partial charge < -0.3 is 10.6 Å². The summed E-state index contributed by atoms with van der Waals surface area (Å²) in [5.74, 6) is 0. The molecule has 1 unspecified atom stereocenters. The summed E-state index contributed by atoms with van der Waals surface area (Å²) in [5.41, 5.74) is 9.63. The first-order valence-electron chi connectivity index (χ1n) is 3.84. The van der Waals surface area contributed by atoms with E-state index in [1.54, 1.807) is 12.1 Å². The number of carbonyl (C=O) groups excluding carboxylic acids is 1. The molecule has 14 heavy (non-hydrogen) atoms. The molecule has 1 atom stereocenters. The van der Waals surface area contributed by atoms with Gasteiger partial charge in [-0.1, -0.05) is 12.1 Å². The molecule has 1 aromatic carbocycles. The summed E-state index contributed by atoms with van der Waals surface area (Å²) in [5, 5.41) is 2.57. The van der Waals surface area contributed by atoms with Crippen molar-refractivity contribution >= 4 is 24.2 Å². The molecule has 5 nitrogen and oxygen atoms in total. The second-order valence-electron chi connectivity index (χ2n) is 2.75. The summed E-state index contributed by atoms with van der Waals surface area (Å²) in [4.78, 5) is 15.2. The minimum atomic E-state index is -0.479. The lowest BCUT2D eigenvalue weighted by Crippen LogP contribution is -2.22. The summed E-state index contributed by atoms with van der Waals surface area (Å²) in [6.07, 6.45) is -0.788. The molecule has 1 heterocycles. The Morgan fingerprint density at radius 1 is 1.43 bits per heavy atom. The highest BCUT2D eigenvalue weighted by Gasteiger charge is 2.22. The van der Waals surface area contributed by atoms with Crippen LogP contribution < -0.4 is 16.5 Å². The first-order chi connectivity index (χ1) is 6.25. The molecule has 0 aromatic heterocycles. The first-order valence-corrected chi connectivity index (χ1v) is 3.84. The molecule has 0 aliphatic carbocycles. The van der Waals surface area contributed by atoms with Gasteiger partial charge in [0.15, 0.2) is 0 Å². The van der Waals surface area contributed by atoms with Gasteiger partial charge in [-0.25, -0.2) is 4.79 Å². The monoisotopic (exact) mass is 215 g/mol. The van der Waals surface area contributed by atoms with E-state index in [9.17, 15) is 4.79 Å². The second kappa shape index (κ2) is 4.17. The van der Waals surface area contributed by atoms with E-state index in [1.165, 1.54) is 0 Å². The van der Waals surface area contributed by atoms with Gasteiger partial charge in [0, 0.05) is 5.69 Å². The summed E-state index contributed by atoms with van der Waals surface area (Å²) in [7, 11) is 0. The predicted octanol–water partition coefficient (Wildman–Crippen LogP) is 0.934. The zero-order valence-corrected chi connectivity index (χ0v) is 8.01. The number of amides is 1. The Hall–Kier alpha value is -1.46. The van der Waals surface area contributed by atoms with Crippen LogP contribution in [0.3, 0.4) is 0 Å². The van der Waals surface area contributed by atoms with Crippen molar-refractivity contribution in [1.82, 2.24) is 10.8 Å². The standard InChI is InChI=1S/C8H9N3O2.ClH/c9-6-3-1-2-5(4-6)7-10-8(12)13-11-7;/h1-4,7,11H,9H2,(H,10,12);1H. The molecule has 1 aromatic rings. The number of anilines is 1. The van der Waals surface area contributed by atoms with E-state index in [-0.39, 0.29) is 18.6 Å². The van der Waals surface area contributed by atoms with Crippen LogP contribution in [0.1, 0.15) is 11.7 Å². The molecule has 76 valence electrons. The number of benzene rings is 1. The summed E-state index contributed by atoms with van der Waals surface area (Å²) < 4.78 is 0. The average molecular weight is 216 g/mol. The average Bonchev–Trinajstić information content (AvgIpc) is 2.52. The first kappa shape index (κ1) is 10.6. The Bertz CT molecular complexity index is 345. The molecule has 6 heteroatoms. The molecule has 1 aliphatic heterocycles. The number of nitrogens with two attached hydrogens (primary N) is 1. The van der Waals surface area contributed by atoms with Gasteiger partial charge in [-0.2, -0.15) is 0 Å². The van der Waals surface area contributed by atoms with Crippen molar-refractivity contribution < 1.29 is 9.63 Å². The lowest BCUT2D eigenvalue weighted by atomic mass is 10.1. The molecule has 0 bridgehead atoms. The summed E-state index contributed by atoms with van der Waals surface area (Å²) >= 11 is 0. The highest BCUT2D eigenvalue weighted by atomic mass is 35.5. The Morgan fingerprint density at radius 3 is 2.79 bits per heavy atom. The zero-order valence-electron chi connectivity index (χ0n) is 7.19. The zero-order chi connectivity index (χ0) is 9.26. The van der Waals surface area contributed by atoms with Gasteiger partial charge in [-0.05, 0) is 17.7 Å². The van der Waals surface area contributed by atoms with Crippen molar-refractivity contribution in [2.75, 3.05) is 5.73 Å². The molecule has 0 radical (unpaired) electrons. The highest BCUT2D eigenvalue weighted by Crippen LogP contribution is 2.16. The van der Waals surface area contributed by atoms with Crippen LogP contribution in [0.15, 0.2) is 24.3 Å². The molecule has 0 saturated carbocycles. The molecular weight excluding hydrogens is 206 g/mol. The van der Waals surface area contributed by atoms with Gasteiger partial charge in [0.05, 0.1) is 0 Å². The fourth-order valence-electron chi connectivity index (χ4n) is 1.18. The van der Waals surface area contributed by atoms with Crippen LogP contribution in [0.4, 0.5) is 10.5 Å². The molecule has 1 amide bonds. The van der Waals surface area contributed by atoms with Gasteiger partial charge in [-0.3, -0.25) is 5.32 Å². The number of nitrogen functional groups attached to an aromatic ring is 1. The maximum Gasteiger partial charge on any atom is 0.427 e. The van der Waals surface area contributed by atoms with Crippen LogP contribution in [0.25, 0.3) is 0 Å². The molecular formula is C8H10ClN3O2. The number of rotatable bonds is 1. The van der Waals surface area contributed by atoms with Gasteiger partial charge in [0.25, 0.3) is 0 Å². The number of nitrogens with one attached hydrogen (secondary N) is 2. The van der Waals surface area contributed by atoms with Crippen molar-refractivity contribution in [1.29, 1.82) is 0 Å². The fourth-order valence-corrected chi connectivity index (χ4v) is 1.18. The van der Waals surface area contributed by atoms with Gasteiger partial charge in [0.2, 0.25) is 0 Å². The largest absolute Gasteiger partial charge is 0.427 e. The Morgan fingerprint density at radius 2 is 2.21 bits per heavy atom. The van der Waals surface area contributed by atoms with Crippen LogP contribution in [0, 0.1) is 0 Å². The summed E-state index contributed by atoms with van der Waals surface area (Å²) in [6, 6.07) is 7.22. The second-order valence-corrected chi connectivity index (χ2v) is 2.75. The highest BCUT2D eigenvalue weighted by molar-refractivity contribution is 5.85. The van der Waals surface area contributed by atoms with Crippen LogP contribution in [0.2, 0.25) is 0 Å². The van der Waals surface area contributed by atoms with Crippen LogP contribution in [-0.4, -0.2) is 6.09 Å². The quantitative estimate of drug-likeness (QED) is 0.610. The van der Waals surface area contributed by atoms with Gasteiger partial charge >= 0.3 is 6.09 Å². The number of halogens is 1. The lowest BCUT2D eigenvalue weighted by Gasteiger charge is -2.07. The normalized spacial score (nSPS) is 19.4. The number of carbonyl (C=O) groups is 1. The maximum atomic E-state index is 10.7. The molecule has 2 rings (SSSR count). The summed E-state index contributed by atoms with van der Waals surface area (Å²) in [6.45, 7) is 0. The topological polar surface area (TPSA) is 76.4 Å². The SMILES string of the molecule is Cl.Nc1cccc(C2NOC(=O)N2)c1. The molecule has 1 fully saturated rings. The third-order valence-electron chi connectivity index (χ3n) is 1.78.